The number of ketones is 1. The molecule has 0 bridgehead atoms. The molecule has 2 heterocycles. The van der Waals surface area contributed by atoms with Crippen molar-refractivity contribution in [2.24, 2.45) is 0 Å². The lowest BCUT2D eigenvalue weighted by atomic mass is 10.0. The molecular weight excluding hydrogens is 232 g/mol. The topological polar surface area (TPSA) is 30.2 Å². The molecule has 3 heteroatoms. The van der Waals surface area contributed by atoms with Gasteiger partial charge in [-0.3, -0.25) is 4.79 Å². The fourth-order valence-corrected chi connectivity index (χ4v) is 2.85. The van der Waals surface area contributed by atoms with Crippen LogP contribution in [-0.4, -0.2) is 5.78 Å². The zero-order valence-corrected chi connectivity index (χ0v) is 10.1. The van der Waals surface area contributed by atoms with E-state index in [4.69, 9.17) is 4.42 Å². The van der Waals surface area contributed by atoms with E-state index in [0.717, 1.165) is 15.6 Å². The van der Waals surface area contributed by atoms with E-state index in [1.807, 2.05) is 36.6 Å². The van der Waals surface area contributed by atoms with Crippen molar-refractivity contribution in [1.29, 1.82) is 0 Å². The number of rotatable bonds is 2. The van der Waals surface area contributed by atoms with Crippen molar-refractivity contribution in [3.63, 3.8) is 0 Å². The Hall–Kier alpha value is -1.87. The van der Waals surface area contributed by atoms with Gasteiger partial charge in [-0.1, -0.05) is 12.1 Å². The molecule has 0 spiro atoms. The van der Waals surface area contributed by atoms with Crippen LogP contribution in [0.2, 0.25) is 0 Å². The van der Waals surface area contributed by atoms with Crippen LogP contribution < -0.4 is 0 Å². The fraction of sp³-hybridized carbons (Fsp3) is 0.0714. The second-order valence-corrected chi connectivity index (χ2v) is 4.78. The smallest absolute Gasteiger partial charge is 0.197 e. The summed E-state index contributed by atoms with van der Waals surface area (Å²) in [6, 6.07) is 9.55. The molecule has 0 fully saturated rings. The summed E-state index contributed by atoms with van der Waals surface area (Å²) in [4.78, 5) is 12.4. The zero-order chi connectivity index (χ0) is 11.8. The first kappa shape index (κ1) is 10.3. The third-order valence-electron chi connectivity index (χ3n) is 2.83. The Balaban J connectivity index is 2.19. The van der Waals surface area contributed by atoms with E-state index in [-0.39, 0.29) is 5.78 Å². The normalized spacial score (nSPS) is 10.9. The van der Waals surface area contributed by atoms with Gasteiger partial charge >= 0.3 is 0 Å². The molecule has 84 valence electrons. The maximum atomic E-state index is 12.4. The average molecular weight is 242 g/mol. The summed E-state index contributed by atoms with van der Waals surface area (Å²) in [6.45, 7) is 1.81. The van der Waals surface area contributed by atoms with Crippen LogP contribution in [0.15, 0.2) is 46.4 Å². The van der Waals surface area contributed by atoms with E-state index < -0.39 is 0 Å². The summed E-state index contributed by atoms with van der Waals surface area (Å²) in [6.07, 6.45) is 1.55. The molecule has 0 unspecified atom stereocenters. The number of thiophene rings is 1. The summed E-state index contributed by atoms with van der Waals surface area (Å²) in [5, 5.41) is 3.12. The van der Waals surface area contributed by atoms with Gasteiger partial charge in [-0.2, -0.15) is 0 Å². The minimum atomic E-state index is 0.0318. The van der Waals surface area contributed by atoms with Crippen molar-refractivity contribution in [2.45, 2.75) is 6.92 Å². The molecule has 0 radical (unpaired) electrons. The van der Waals surface area contributed by atoms with Crippen LogP contribution >= 0.6 is 11.3 Å². The third-order valence-corrected chi connectivity index (χ3v) is 3.79. The highest BCUT2D eigenvalue weighted by atomic mass is 32.1. The third kappa shape index (κ3) is 1.59. The maximum absolute atomic E-state index is 12.4. The maximum Gasteiger partial charge on any atom is 0.197 e. The number of hydrogen-bond donors (Lipinski definition) is 0. The van der Waals surface area contributed by atoms with Crippen molar-refractivity contribution in [3.05, 3.63) is 58.9 Å². The van der Waals surface area contributed by atoms with Gasteiger partial charge in [-0.25, -0.2) is 0 Å². The van der Waals surface area contributed by atoms with Crippen molar-refractivity contribution in [3.8, 4) is 0 Å². The predicted molar refractivity (Wildman–Crippen MR) is 68.7 cm³/mol. The molecule has 3 aromatic rings. The lowest BCUT2D eigenvalue weighted by molar-refractivity contribution is 0.103. The summed E-state index contributed by atoms with van der Waals surface area (Å²) in [7, 11) is 0. The average Bonchev–Trinajstić information content (AvgIpc) is 2.95. The van der Waals surface area contributed by atoms with Gasteiger partial charge in [0.1, 0.15) is 5.76 Å². The molecule has 0 aliphatic heterocycles. The lowest BCUT2D eigenvalue weighted by Crippen LogP contribution is -2.01. The number of benzene rings is 1. The lowest BCUT2D eigenvalue weighted by Gasteiger charge is -2.01. The molecule has 0 aliphatic carbocycles. The van der Waals surface area contributed by atoms with E-state index in [1.54, 1.807) is 23.7 Å². The van der Waals surface area contributed by atoms with Crippen LogP contribution in [0.5, 0.6) is 0 Å². The molecule has 0 N–H and O–H groups in total. The molecule has 0 saturated carbocycles. The predicted octanol–water partition coefficient (Wildman–Crippen LogP) is 4.03. The van der Waals surface area contributed by atoms with Crippen LogP contribution in [0.4, 0.5) is 0 Å². The van der Waals surface area contributed by atoms with Crippen molar-refractivity contribution < 1.29 is 9.21 Å². The molecule has 0 amide bonds. The number of fused-ring (bicyclic) bond motifs is 1. The van der Waals surface area contributed by atoms with Gasteiger partial charge in [0.15, 0.2) is 5.78 Å². The zero-order valence-electron chi connectivity index (χ0n) is 9.27. The van der Waals surface area contributed by atoms with E-state index in [2.05, 4.69) is 0 Å². The molecule has 1 aromatic carbocycles. The largest absolute Gasteiger partial charge is 0.469 e. The van der Waals surface area contributed by atoms with Crippen LogP contribution in [-0.2, 0) is 0 Å². The Morgan fingerprint density at radius 3 is 2.82 bits per heavy atom. The highest BCUT2D eigenvalue weighted by Gasteiger charge is 2.16. The quantitative estimate of drug-likeness (QED) is 0.635. The van der Waals surface area contributed by atoms with E-state index >= 15 is 0 Å². The summed E-state index contributed by atoms with van der Waals surface area (Å²) < 4.78 is 6.22. The molecular formula is C14H10O2S. The van der Waals surface area contributed by atoms with Crippen LogP contribution in [0.3, 0.4) is 0 Å². The monoisotopic (exact) mass is 242 g/mol. The second kappa shape index (κ2) is 3.86. The van der Waals surface area contributed by atoms with Gasteiger partial charge in [0.25, 0.3) is 0 Å². The van der Waals surface area contributed by atoms with Gasteiger partial charge in [-0.15, -0.1) is 11.3 Å². The first-order valence-corrected chi connectivity index (χ1v) is 6.20. The summed E-state index contributed by atoms with van der Waals surface area (Å²) in [5.74, 6) is 0.702. The number of hydrogen-bond acceptors (Lipinski definition) is 3. The molecule has 17 heavy (non-hydrogen) atoms. The first-order valence-electron chi connectivity index (χ1n) is 5.32. The van der Waals surface area contributed by atoms with E-state index in [9.17, 15) is 4.79 Å². The number of aryl methyl sites for hydroxylation is 1. The number of carbonyl (C=O) groups excluding carboxylic acids is 1. The van der Waals surface area contributed by atoms with Crippen LogP contribution in [0, 0.1) is 6.92 Å². The van der Waals surface area contributed by atoms with Crippen LogP contribution in [0.25, 0.3) is 10.1 Å². The Morgan fingerprint density at radius 2 is 2.06 bits per heavy atom. The van der Waals surface area contributed by atoms with Gasteiger partial charge in [0.2, 0.25) is 0 Å². The number of carbonyl (C=O) groups is 1. The Kier molecular flexibility index (Phi) is 2.34. The molecule has 0 aliphatic rings. The molecule has 2 nitrogen and oxygen atoms in total. The van der Waals surface area contributed by atoms with Gasteiger partial charge in [-0.05, 0) is 35.9 Å². The van der Waals surface area contributed by atoms with Crippen molar-refractivity contribution >= 4 is 27.2 Å². The first-order chi connectivity index (χ1) is 8.27. The minimum absolute atomic E-state index is 0.0318. The van der Waals surface area contributed by atoms with Gasteiger partial charge < -0.3 is 4.42 Å². The summed E-state index contributed by atoms with van der Waals surface area (Å²) >= 11 is 1.59. The molecule has 0 atom stereocenters. The Labute approximate surface area is 102 Å². The van der Waals surface area contributed by atoms with Gasteiger partial charge in [0.05, 0.1) is 11.8 Å². The van der Waals surface area contributed by atoms with E-state index in [0.29, 0.717) is 11.3 Å². The number of furan rings is 1. The van der Waals surface area contributed by atoms with E-state index in [1.165, 1.54) is 0 Å². The summed E-state index contributed by atoms with van der Waals surface area (Å²) in [5.41, 5.74) is 1.40. The highest BCUT2D eigenvalue weighted by molar-refractivity contribution is 7.17. The fourth-order valence-electron chi connectivity index (χ4n) is 1.94. The molecule has 3 rings (SSSR count). The molecule has 0 saturated heterocycles. The highest BCUT2D eigenvalue weighted by Crippen LogP contribution is 2.27. The molecule has 2 aromatic heterocycles. The van der Waals surface area contributed by atoms with Crippen LogP contribution in [0.1, 0.15) is 21.7 Å². The second-order valence-electron chi connectivity index (χ2n) is 3.86. The van der Waals surface area contributed by atoms with Crippen molar-refractivity contribution in [2.75, 3.05) is 0 Å². The Morgan fingerprint density at radius 1 is 1.18 bits per heavy atom. The standard InChI is InChI=1S/C14H10O2S/c1-9-11(5-7-16-9)13(15)12-4-2-3-10-6-8-17-14(10)12/h2-8H,1H3. The van der Waals surface area contributed by atoms with Crippen molar-refractivity contribution in [1.82, 2.24) is 0 Å². The van der Waals surface area contributed by atoms with Gasteiger partial charge in [0, 0.05) is 10.3 Å². The SMILES string of the molecule is Cc1occc1C(=O)c1cccc2ccsc12. The Bertz CT molecular complexity index is 691. The minimum Gasteiger partial charge on any atom is -0.469 e.